The molecule has 1 atom stereocenters. The van der Waals surface area contributed by atoms with Gasteiger partial charge >= 0.3 is 0 Å². The van der Waals surface area contributed by atoms with E-state index in [0.717, 1.165) is 22.7 Å². The first-order valence-electron chi connectivity index (χ1n) is 9.15. The lowest BCUT2D eigenvalue weighted by Gasteiger charge is -2.22. The summed E-state index contributed by atoms with van der Waals surface area (Å²) in [5.74, 6) is 1.53. The van der Waals surface area contributed by atoms with Crippen molar-refractivity contribution in [2.24, 2.45) is 0 Å². The van der Waals surface area contributed by atoms with Crippen molar-refractivity contribution in [3.63, 3.8) is 0 Å². The summed E-state index contributed by atoms with van der Waals surface area (Å²) in [4.78, 5) is 16.4. The number of para-hydroxylation sites is 1. The maximum absolute atomic E-state index is 12.8. The Labute approximate surface area is 170 Å². The normalized spacial score (nSPS) is 16.5. The van der Waals surface area contributed by atoms with Gasteiger partial charge in [0, 0.05) is 5.69 Å². The van der Waals surface area contributed by atoms with E-state index in [1.165, 1.54) is 0 Å². The standard InChI is InChI=1S/C23H20N2O2S/c1-17-22(26)24(16-18-8-4-2-5-9-18)23(28)25(17)19-12-14-21(15-13-19)27-20-10-6-3-7-11-20/h2-15,17H,16H2,1H3. The van der Waals surface area contributed by atoms with Gasteiger partial charge in [0.05, 0.1) is 6.54 Å². The average molecular weight is 388 g/mol. The molecule has 1 saturated heterocycles. The molecule has 5 heteroatoms. The topological polar surface area (TPSA) is 32.8 Å². The summed E-state index contributed by atoms with van der Waals surface area (Å²) in [6.45, 7) is 2.36. The van der Waals surface area contributed by atoms with Crippen molar-refractivity contribution in [1.29, 1.82) is 0 Å². The Hall–Kier alpha value is -3.18. The second-order valence-corrected chi connectivity index (χ2v) is 7.01. The van der Waals surface area contributed by atoms with Crippen LogP contribution < -0.4 is 9.64 Å². The van der Waals surface area contributed by atoms with E-state index in [-0.39, 0.29) is 11.9 Å². The number of nitrogens with zero attached hydrogens (tertiary/aromatic N) is 2. The molecule has 1 heterocycles. The number of carbonyl (C=O) groups is 1. The van der Waals surface area contributed by atoms with Crippen molar-refractivity contribution in [3.05, 3.63) is 90.5 Å². The highest BCUT2D eigenvalue weighted by molar-refractivity contribution is 7.80. The Kier molecular flexibility index (Phi) is 5.08. The molecule has 1 unspecified atom stereocenters. The lowest BCUT2D eigenvalue weighted by molar-refractivity contribution is -0.126. The lowest BCUT2D eigenvalue weighted by atomic mass is 10.2. The number of anilines is 1. The van der Waals surface area contributed by atoms with Crippen LogP contribution in [0.2, 0.25) is 0 Å². The van der Waals surface area contributed by atoms with Crippen molar-refractivity contribution < 1.29 is 9.53 Å². The lowest BCUT2D eigenvalue weighted by Crippen LogP contribution is -2.33. The maximum Gasteiger partial charge on any atom is 0.251 e. The van der Waals surface area contributed by atoms with E-state index >= 15 is 0 Å². The quantitative estimate of drug-likeness (QED) is 0.576. The first-order valence-corrected chi connectivity index (χ1v) is 9.56. The molecule has 0 saturated carbocycles. The Morgan fingerprint density at radius 3 is 2.07 bits per heavy atom. The zero-order valence-corrected chi connectivity index (χ0v) is 16.3. The van der Waals surface area contributed by atoms with E-state index in [2.05, 4.69) is 0 Å². The Balaban J connectivity index is 1.52. The van der Waals surface area contributed by atoms with Crippen LogP contribution in [0.4, 0.5) is 5.69 Å². The first-order chi connectivity index (χ1) is 13.6. The summed E-state index contributed by atoms with van der Waals surface area (Å²) in [5, 5.41) is 0.526. The highest BCUT2D eigenvalue weighted by Gasteiger charge is 2.40. The highest BCUT2D eigenvalue weighted by Crippen LogP contribution is 2.30. The van der Waals surface area contributed by atoms with Crippen molar-refractivity contribution in [1.82, 2.24) is 4.90 Å². The molecule has 4 nitrogen and oxygen atoms in total. The smallest absolute Gasteiger partial charge is 0.251 e. The number of thiocarbonyl (C=S) groups is 1. The number of benzene rings is 3. The van der Waals surface area contributed by atoms with Crippen LogP contribution in [0, 0.1) is 0 Å². The van der Waals surface area contributed by atoms with Crippen LogP contribution in [-0.2, 0) is 11.3 Å². The molecule has 1 aliphatic heterocycles. The highest BCUT2D eigenvalue weighted by atomic mass is 32.1. The van der Waals surface area contributed by atoms with Crippen LogP contribution in [0.15, 0.2) is 84.9 Å². The van der Waals surface area contributed by atoms with E-state index in [9.17, 15) is 4.79 Å². The summed E-state index contributed by atoms with van der Waals surface area (Å²) in [7, 11) is 0. The van der Waals surface area contributed by atoms with Gasteiger partial charge in [0.2, 0.25) is 0 Å². The van der Waals surface area contributed by atoms with Crippen LogP contribution in [0.1, 0.15) is 12.5 Å². The van der Waals surface area contributed by atoms with Crippen LogP contribution in [0.3, 0.4) is 0 Å². The van der Waals surface area contributed by atoms with Gasteiger partial charge in [-0.15, -0.1) is 0 Å². The number of hydrogen-bond acceptors (Lipinski definition) is 3. The molecule has 1 fully saturated rings. The average Bonchev–Trinajstić information content (AvgIpc) is 2.94. The molecular formula is C23H20N2O2S. The SMILES string of the molecule is CC1C(=O)N(Cc2ccccc2)C(=S)N1c1ccc(Oc2ccccc2)cc1. The van der Waals surface area contributed by atoms with Gasteiger partial charge in [-0.2, -0.15) is 0 Å². The summed E-state index contributed by atoms with van der Waals surface area (Å²) >= 11 is 5.63. The third-order valence-corrected chi connectivity index (χ3v) is 5.14. The monoisotopic (exact) mass is 388 g/mol. The number of rotatable bonds is 5. The van der Waals surface area contributed by atoms with Crippen molar-refractivity contribution in [2.75, 3.05) is 4.90 Å². The molecule has 3 aromatic rings. The Morgan fingerprint density at radius 2 is 1.43 bits per heavy atom. The molecule has 28 heavy (non-hydrogen) atoms. The number of amides is 1. The zero-order valence-electron chi connectivity index (χ0n) is 15.5. The van der Waals surface area contributed by atoms with E-state index in [0.29, 0.717) is 11.7 Å². The second-order valence-electron chi connectivity index (χ2n) is 6.65. The summed E-state index contributed by atoms with van der Waals surface area (Å²) in [6, 6.07) is 26.8. The Morgan fingerprint density at radius 1 is 0.857 bits per heavy atom. The third-order valence-electron chi connectivity index (χ3n) is 4.73. The minimum atomic E-state index is -0.336. The van der Waals surface area contributed by atoms with Gasteiger partial charge < -0.3 is 9.64 Å². The van der Waals surface area contributed by atoms with Gasteiger partial charge in [0.1, 0.15) is 17.5 Å². The molecular weight excluding hydrogens is 368 g/mol. The predicted molar refractivity (Wildman–Crippen MR) is 114 cm³/mol. The fourth-order valence-corrected chi connectivity index (χ4v) is 3.69. The molecule has 0 spiro atoms. The fraction of sp³-hybridized carbons (Fsp3) is 0.130. The molecule has 0 aromatic heterocycles. The van der Waals surface area contributed by atoms with Gasteiger partial charge in [-0.3, -0.25) is 9.69 Å². The van der Waals surface area contributed by atoms with Gasteiger partial charge in [0.25, 0.3) is 5.91 Å². The minimum absolute atomic E-state index is 0.0125. The maximum atomic E-state index is 12.8. The van der Waals surface area contributed by atoms with Crippen LogP contribution in [-0.4, -0.2) is 22.0 Å². The molecule has 0 radical (unpaired) electrons. The van der Waals surface area contributed by atoms with Crippen LogP contribution >= 0.6 is 12.2 Å². The number of hydrogen-bond donors (Lipinski definition) is 0. The Bertz CT molecular complexity index is 975. The largest absolute Gasteiger partial charge is 0.457 e. The fourth-order valence-electron chi connectivity index (χ4n) is 3.27. The molecule has 140 valence electrons. The predicted octanol–water partition coefficient (Wildman–Crippen LogP) is 5.00. The van der Waals surface area contributed by atoms with E-state index in [1.807, 2.05) is 96.8 Å². The third kappa shape index (κ3) is 3.62. The molecule has 3 aromatic carbocycles. The first kappa shape index (κ1) is 18.2. The van der Waals surface area contributed by atoms with Crippen LogP contribution in [0.5, 0.6) is 11.5 Å². The van der Waals surface area contributed by atoms with Crippen molar-refractivity contribution >= 4 is 28.9 Å². The summed E-state index contributed by atoms with van der Waals surface area (Å²) in [6.07, 6.45) is 0. The molecule has 1 amide bonds. The van der Waals surface area contributed by atoms with E-state index < -0.39 is 0 Å². The minimum Gasteiger partial charge on any atom is -0.457 e. The van der Waals surface area contributed by atoms with Gasteiger partial charge in [-0.1, -0.05) is 48.5 Å². The van der Waals surface area contributed by atoms with E-state index in [1.54, 1.807) is 4.90 Å². The van der Waals surface area contributed by atoms with Gasteiger partial charge in [0.15, 0.2) is 5.11 Å². The zero-order chi connectivity index (χ0) is 19.5. The van der Waals surface area contributed by atoms with E-state index in [4.69, 9.17) is 17.0 Å². The van der Waals surface area contributed by atoms with Crippen molar-refractivity contribution in [2.45, 2.75) is 19.5 Å². The molecule has 4 rings (SSSR count). The molecule has 0 N–H and O–H groups in total. The van der Waals surface area contributed by atoms with Crippen LogP contribution in [0.25, 0.3) is 0 Å². The summed E-state index contributed by atoms with van der Waals surface area (Å²) < 4.78 is 5.84. The second kappa shape index (κ2) is 7.82. The number of ether oxygens (including phenoxy) is 1. The molecule has 0 bridgehead atoms. The summed E-state index contributed by atoms with van der Waals surface area (Å²) in [5.41, 5.74) is 1.93. The van der Waals surface area contributed by atoms with Gasteiger partial charge in [-0.05, 0) is 61.1 Å². The van der Waals surface area contributed by atoms with Gasteiger partial charge in [-0.25, -0.2) is 0 Å². The molecule has 0 aliphatic carbocycles. The molecule has 1 aliphatic rings. The number of carbonyl (C=O) groups excluding carboxylic acids is 1. The van der Waals surface area contributed by atoms with Crippen molar-refractivity contribution in [3.8, 4) is 11.5 Å².